The molecule has 0 bridgehead atoms. The molecule has 0 saturated carbocycles. The van der Waals surface area contributed by atoms with Crippen LogP contribution in [0.3, 0.4) is 0 Å². The predicted molar refractivity (Wildman–Crippen MR) is 143 cm³/mol. The average molecular weight is 451 g/mol. The van der Waals surface area contributed by atoms with Gasteiger partial charge in [0.15, 0.2) is 0 Å². The smallest absolute Gasteiger partial charge is 0.0820 e. The highest BCUT2D eigenvalue weighted by molar-refractivity contribution is 7.19. The second-order valence-electron chi connectivity index (χ2n) is 10.3. The molecule has 3 aromatic heterocycles. The van der Waals surface area contributed by atoms with Gasteiger partial charge in [0.1, 0.15) is 0 Å². The fourth-order valence-corrected chi connectivity index (χ4v) is 5.68. The number of hydrogen-bond acceptors (Lipinski definition) is 3. The highest BCUT2D eigenvalue weighted by Crippen LogP contribution is 2.35. The number of rotatable bonds is 4. The van der Waals surface area contributed by atoms with Crippen molar-refractivity contribution in [1.29, 1.82) is 0 Å². The number of thiophene rings is 1. The molecule has 2 nitrogen and oxygen atoms in total. The molecule has 0 saturated heterocycles. The maximum atomic E-state index is 5.00. The van der Waals surface area contributed by atoms with E-state index >= 15 is 0 Å². The van der Waals surface area contributed by atoms with Gasteiger partial charge < -0.3 is 0 Å². The summed E-state index contributed by atoms with van der Waals surface area (Å²) in [6.45, 7) is 11.3. The van der Waals surface area contributed by atoms with Gasteiger partial charge in [-0.05, 0) is 76.6 Å². The lowest BCUT2D eigenvalue weighted by molar-refractivity contribution is 0.596. The minimum Gasteiger partial charge on any atom is -0.256 e. The molecule has 0 spiro atoms. The van der Waals surface area contributed by atoms with Gasteiger partial charge in [-0.2, -0.15) is 0 Å². The summed E-state index contributed by atoms with van der Waals surface area (Å²) in [6.07, 6.45) is 3.01. The highest BCUT2D eigenvalue weighted by atomic mass is 32.1. The van der Waals surface area contributed by atoms with Gasteiger partial charge in [0.25, 0.3) is 0 Å². The summed E-state index contributed by atoms with van der Waals surface area (Å²) in [5.41, 5.74) is 6.71. The van der Waals surface area contributed by atoms with Gasteiger partial charge in [-0.3, -0.25) is 4.98 Å². The van der Waals surface area contributed by atoms with Crippen molar-refractivity contribution in [2.75, 3.05) is 0 Å². The van der Waals surface area contributed by atoms with E-state index in [4.69, 9.17) is 9.97 Å². The molecule has 3 heteroatoms. The molecule has 166 valence electrons. The second-order valence-corrected chi connectivity index (χ2v) is 11.5. The largest absolute Gasteiger partial charge is 0.256 e. The van der Waals surface area contributed by atoms with Crippen molar-refractivity contribution >= 4 is 32.3 Å². The average Bonchev–Trinajstić information content (AvgIpc) is 3.18. The van der Waals surface area contributed by atoms with Crippen LogP contribution in [0, 0.1) is 5.92 Å². The Labute approximate surface area is 200 Å². The SMILES string of the molecule is CC(C)Cc1cc2nc(-c3ccnc(-c4cc(C(C)(C)C)c5ccccc5c4)c3)ccc2s1. The highest BCUT2D eigenvalue weighted by Gasteiger charge is 2.19. The third-order valence-corrected chi connectivity index (χ3v) is 7.17. The second kappa shape index (κ2) is 8.39. The predicted octanol–water partition coefficient (Wildman–Crippen LogP) is 8.67. The van der Waals surface area contributed by atoms with Crippen LogP contribution in [0.2, 0.25) is 0 Å². The zero-order valence-corrected chi connectivity index (χ0v) is 20.8. The van der Waals surface area contributed by atoms with Crippen LogP contribution in [0.4, 0.5) is 0 Å². The van der Waals surface area contributed by atoms with Gasteiger partial charge >= 0.3 is 0 Å². The first-order valence-electron chi connectivity index (χ1n) is 11.7. The molecule has 5 aromatic rings. The maximum absolute atomic E-state index is 5.00. The van der Waals surface area contributed by atoms with Crippen molar-refractivity contribution < 1.29 is 0 Å². The first-order valence-corrected chi connectivity index (χ1v) is 12.5. The molecular formula is C30H30N2S. The summed E-state index contributed by atoms with van der Waals surface area (Å²) in [7, 11) is 0. The van der Waals surface area contributed by atoms with Crippen LogP contribution in [-0.2, 0) is 11.8 Å². The molecule has 3 heterocycles. The summed E-state index contributed by atoms with van der Waals surface area (Å²) in [6, 6.07) is 24.0. The first-order chi connectivity index (χ1) is 15.8. The lowest BCUT2D eigenvalue weighted by Crippen LogP contribution is -2.12. The normalized spacial score (nSPS) is 12.2. The number of hydrogen-bond donors (Lipinski definition) is 0. The van der Waals surface area contributed by atoms with E-state index in [1.165, 1.54) is 25.9 Å². The molecule has 0 aliphatic carbocycles. The maximum Gasteiger partial charge on any atom is 0.0820 e. The van der Waals surface area contributed by atoms with Crippen LogP contribution in [-0.4, -0.2) is 9.97 Å². The van der Waals surface area contributed by atoms with E-state index in [0.717, 1.165) is 34.5 Å². The van der Waals surface area contributed by atoms with Crippen molar-refractivity contribution in [2.45, 2.75) is 46.5 Å². The van der Waals surface area contributed by atoms with Crippen LogP contribution < -0.4 is 0 Å². The monoisotopic (exact) mass is 450 g/mol. The number of benzene rings is 2. The quantitative estimate of drug-likeness (QED) is 0.274. The third kappa shape index (κ3) is 4.43. The third-order valence-electron chi connectivity index (χ3n) is 6.06. The molecule has 33 heavy (non-hydrogen) atoms. The lowest BCUT2D eigenvalue weighted by Gasteiger charge is -2.22. The molecule has 0 radical (unpaired) electrons. The van der Waals surface area contributed by atoms with Crippen molar-refractivity contribution in [1.82, 2.24) is 9.97 Å². The van der Waals surface area contributed by atoms with Crippen molar-refractivity contribution in [3.8, 4) is 22.5 Å². The van der Waals surface area contributed by atoms with Crippen LogP contribution >= 0.6 is 11.3 Å². The van der Waals surface area contributed by atoms with Gasteiger partial charge in [-0.15, -0.1) is 11.3 Å². The Morgan fingerprint density at radius 2 is 1.67 bits per heavy atom. The van der Waals surface area contributed by atoms with Gasteiger partial charge in [0, 0.05) is 22.2 Å². The fraction of sp³-hybridized carbons (Fsp3) is 0.267. The number of pyridine rings is 2. The van der Waals surface area contributed by atoms with E-state index in [9.17, 15) is 0 Å². The number of aromatic nitrogens is 2. The molecular weight excluding hydrogens is 420 g/mol. The summed E-state index contributed by atoms with van der Waals surface area (Å²) < 4.78 is 1.26. The molecule has 0 unspecified atom stereocenters. The van der Waals surface area contributed by atoms with Crippen molar-refractivity contribution in [3.63, 3.8) is 0 Å². The number of fused-ring (bicyclic) bond motifs is 2. The van der Waals surface area contributed by atoms with E-state index < -0.39 is 0 Å². The van der Waals surface area contributed by atoms with E-state index in [1.807, 2.05) is 17.5 Å². The van der Waals surface area contributed by atoms with Crippen LogP contribution in [0.5, 0.6) is 0 Å². The topological polar surface area (TPSA) is 25.8 Å². The van der Waals surface area contributed by atoms with Crippen molar-refractivity contribution in [3.05, 3.63) is 83.4 Å². The zero-order valence-electron chi connectivity index (χ0n) is 20.0. The fourth-order valence-electron chi connectivity index (χ4n) is 4.47. The molecule has 0 atom stereocenters. The summed E-state index contributed by atoms with van der Waals surface area (Å²) in [4.78, 5) is 11.1. The van der Waals surface area contributed by atoms with Gasteiger partial charge in [0.2, 0.25) is 0 Å². The van der Waals surface area contributed by atoms with E-state index in [2.05, 4.69) is 101 Å². The molecule has 0 N–H and O–H groups in total. The molecule has 0 amide bonds. The Kier molecular flexibility index (Phi) is 5.54. The Bertz CT molecular complexity index is 1450. The van der Waals surface area contributed by atoms with Crippen LogP contribution in [0.15, 0.2) is 72.9 Å². The van der Waals surface area contributed by atoms with Crippen molar-refractivity contribution in [2.24, 2.45) is 5.92 Å². The van der Waals surface area contributed by atoms with Crippen LogP contribution in [0.1, 0.15) is 45.1 Å². The minimum absolute atomic E-state index is 0.0481. The Morgan fingerprint density at radius 1 is 0.848 bits per heavy atom. The van der Waals surface area contributed by atoms with E-state index in [0.29, 0.717) is 5.92 Å². The van der Waals surface area contributed by atoms with Gasteiger partial charge in [-0.1, -0.05) is 58.9 Å². The van der Waals surface area contributed by atoms with Crippen LogP contribution in [0.25, 0.3) is 43.5 Å². The molecule has 2 aromatic carbocycles. The Balaban J connectivity index is 1.58. The molecule has 0 fully saturated rings. The summed E-state index contributed by atoms with van der Waals surface area (Å²) >= 11 is 1.86. The lowest BCUT2D eigenvalue weighted by atomic mass is 9.82. The van der Waals surface area contributed by atoms with E-state index in [-0.39, 0.29) is 5.41 Å². The Hall–Kier alpha value is -3.04. The van der Waals surface area contributed by atoms with E-state index in [1.54, 1.807) is 0 Å². The summed E-state index contributed by atoms with van der Waals surface area (Å²) in [5.74, 6) is 0.653. The summed E-state index contributed by atoms with van der Waals surface area (Å²) in [5, 5.41) is 2.56. The molecule has 5 rings (SSSR count). The number of nitrogens with zero attached hydrogens (tertiary/aromatic N) is 2. The van der Waals surface area contributed by atoms with Gasteiger partial charge in [-0.25, -0.2) is 4.98 Å². The van der Waals surface area contributed by atoms with Gasteiger partial charge in [0.05, 0.1) is 21.6 Å². The molecule has 0 aliphatic heterocycles. The Morgan fingerprint density at radius 3 is 2.45 bits per heavy atom. The minimum atomic E-state index is 0.0481. The zero-order chi connectivity index (χ0) is 23.2. The standard InChI is InChI=1S/C30H30N2S/c1-19(2)14-23-18-28-29(33-23)11-10-26(32-28)21-12-13-31-27(17-21)22-15-20-8-6-7-9-24(20)25(16-22)30(3,4)5/h6-13,15-19H,14H2,1-5H3. The first kappa shape index (κ1) is 21.8. The molecule has 0 aliphatic rings.